The number of carbonyl (C=O) groups excluding carboxylic acids is 1. The lowest BCUT2D eigenvalue weighted by atomic mass is 10.0. The van der Waals surface area contributed by atoms with Gasteiger partial charge in [-0.15, -0.1) is 0 Å². The molecule has 1 N–H and O–H groups in total. The summed E-state index contributed by atoms with van der Waals surface area (Å²) in [7, 11) is 4.35. The lowest BCUT2D eigenvalue weighted by Gasteiger charge is -2.16. The van der Waals surface area contributed by atoms with Gasteiger partial charge in [0.2, 0.25) is 17.1 Å². The molecular weight excluding hydrogens is 465 g/mol. The van der Waals surface area contributed by atoms with Crippen molar-refractivity contribution >= 4 is 34.4 Å². The maximum absolute atomic E-state index is 13.6. The molecule has 1 aromatic heterocycles. The number of hydrogen-bond acceptors (Lipinski definition) is 6. The van der Waals surface area contributed by atoms with E-state index in [-0.39, 0.29) is 28.0 Å². The highest BCUT2D eigenvalue weighted by Gasteiger charge is 2.23. The third-order valence-corrected chi connectivity index (χ3v) is 5.37. The monoisotopic (exact) mass is 483 g/mol. The summed E-state index contributed by atoms with van der Waals surface area (Å²) in [6.07, 6.45) is 0. The molecule has 0 aliphatic carbocycles. The summed E-state index contributed by atoms with van der Waals surface area (Å²) in [6.45, 7) is 0. The van der Waals surface area contributed by atoms with Crippen LogP contribution >= 0.6 is 11.6 Å². The number of ether oxygens (including phenoxy) is 3. The first kappa shape index (κ1) is 23.1. The van der Waals surface area contributed by atoms with Gasteiger partial charge in [0.1, 0.15) is 11.4 Å². The molecule has 0 bridgehead atoms. The van der Waals surface area contributed by atoms with Gasteiger partial charge in [-0.1, -0.05) is 11.6 Å². The van der Waals surface area contributed by atoms with Gasteiger partial charge < -0.3 is 18.6 Å². The zero-order valence-corrected chi connectivity index (χ0v) is 19.2. The van der Waals surface area contributed by atoms with E-state index >= 15 is 0 Å². The van der Waals surface area contributed by atoms with Crippen LogP contribution in [0.15, 0.2) is 63.8 Å². The van der Waals surface area contributed by atoms with Crippen molar-refractivity contribution < 1.29 is 27.8 Å². The first-order valence-corrected chi connectivity index (χ1v) is 10.4. The Hall–Kier alpha value is -4.04. The Labute approximate surface area is 198 Å². The number of hydrogen-bond donors (Lipinski definition) is 1. The molecule has 0 unspecified atom stereocenters. The Morgan fingerprint density at radius 2 is 1.59 bits per heavy atom. The lowest BCUT2D eigenvalue weighted by molar-refractivity contribution is 0.102. The summed E-state index contributed by atoms with van der Waals surface area (Å²) in [4.78, 5) is 26.5. The van der Waals surface area contributed by atoms with Crippen molar-refractivity contribution in [1.29, 1.82) is 0 Å². The molecule has 0 fully saturated rings. The van der Waals surface area contributed by atoms with Crippen LogP contribution in [0, 0.1) is 5.82 Å². The van der Waals surface area contributed by atoms with Gasteiger partial charge in [0, 0.05) is 10.6 Å². The average Bonchev–Trinajstić information content (AvgIpc) is 2.84. The quantitative estimate of drug-likeness (QED) is 0.388. The number of anilines is 1. The summed E-state index contributed by atoms with van der Waals surface area (Å²) >= 11 is 6.10. The molecule has 3 aromatic carbocycles. The minimum absolute atomic E-state index is 0.0458. The summed E-state index contributed by atoms with van der Waals surface area (Å²) in [5, 5.41) is 3.19. The first-order chi connectivity index (χ1) is 16.4. The van der Waals surface area contributed by atoms with Crippen molar-refractivity contribution in [2.45, 2.75) is 0 Å². The molecule has 0 saturated carbocycles. The van der Waals surface area contributed by atoms with Gasteiger partial charge in [0.25, 0.3) is 5.91 Å². The Balaban J connectivity index is 1.96. The molecule has 9 heteroatoms. The molecule has 0 aliphatic heterocycles. The van der Waals surface area contributed by atoms with Gasteiger partial charge in [-0.3, -0.25) is 14.9 Å². The lowest BCUT2D eigenvalue weighted by Crippen LogP contribution is -2.16. The molecule has 0 aliphatic rings. The van der Waals surface area contributed by atoms with Crippen molar-refractivity contribution in [3.63, 3.8) is 0 Å². The summed E-state index contributed by atoms with van der Waals surface area (Å²) < 4.78 is 35.4. The number of amides is 1. The molecule has 174 valence electrons. The van der Waals surface area contributed by atoms with Crippen LogP contribution in [0.5, 0.6) is 17.2 Å². The minimum Gasteiger partial charge on any atom is -0.493 e. The molecule has 34 heavy (non-hydrogen) atoms. The van der Waals surface area contributed by atoms with Gasteiger partial charge in [-0.05, 0) is 60.2 Å². The van der Waals surface area contributed by atoms with Crippen molar-refractivity contribution in [3.05, 3.63) is 81.2 Å². The van der Waals surface area contributed by atoms with E-state index < -0.39 is 17.2 Å². The van der Waals surface area contributed by atoms with Crippen LogP contribution in [-0.2, 0) is 0 Å². The molecule has 4 rings (SSSR count). The maximum atomic E-state index is 13.6. The van der Waals surface area contributed by atoms with Crippen LogP contribution in [0.2, 0.25) is 5.02 Å². The van der Waals surface area contributed by atoms with E-state index in [1.54, 1.807) is 18.2 Å². The molecule has 4 aromatic rings. The minimum atomic E-state index is -0.592. The molecule has 1 amide bonds. The number of rotatable bonds is 6. The fourth-order valence-corrected chi connectivity index (χ4v) is 3.69. The molecule has 7 nitrogen and oxygen atoms in total. The highest BCUT2D eigenvalue weighted by atomic mass is 35.5. The van der Waals surface area contributed by atoms with Crippen LogP contribution in [0.3, 0.4) is 0 Å². The van der Waals surface area contributed by atoms with Crippen LogP contribution < -0.4 is 25.0 Å². The molecule has 0 atom stereocenters. The zero-order valence-electron chi connectivity index (χ0n) is 18.4. The Morgan fingerprint density at radius 3 is 2.18 bits per heavy atom. The van der Waals surface area contributed by atoms with E-state index in [1.807, 2.05) is 0 Å². The first-order valence-electron chi connectivity index (χ1n) is 10.00. The largest absolute Gasteiger partial charge is 0.493 e. The highest BCUT2D eigenvalue weighted by Crippen LogP contribution is 2.42. The zero-order chi connectivity index (χ0) is 24.4. The number of fused-ring (bicyclic) bond motifs is 1. The second-order valence-electron chi connectivity index (χ2n) is 7.15. The predicted molar refractivity (Wildman–Crippen MR) is 127 cm³/mol. The SMILES string of the molecule is COc1cc(-c2c(NC(=O)c3ccc(F)cc3)oc3ccc(Cl)cc3c2=O)cc(OC)c1OC. The van der Waals surface area contributed by atoms with E-state index in [0.29, 0.717) is 27.8 Å². The number of methoxy groups -OCH3 is 3. The Morgan fingerprint density at radius 1 is 0.941 bits per heavy atom. The normalized spacial score (nSPS) is 10.7. The second-order valence-corrected chi connectivity index (χ2v) is 7.59. The molecule has 0 saturated heterocycles. The highest BCUT2D eigenvalue weighted by molar-refractivity contribution is 6.31. The summed E-state index contributed by atoms with van der Waals surface area (Å²) in [5.74, 6) is -0.243. The van der Waals surface area contributed by atoms with E-state index in [9.17, 15) is 14.0 Å². The van der Waals surface area contributed by atoms with Crippen molar-refractivity contribution in [2.75, 3.05) is 26.6 Å². The van der Waals surface area contributed by atoms with Crippen LogP contribution in [0.4, 0.5) is 10.3 Å². The smallest absolute Gasteiger partial charge is 0.257 e. The standard InChI is InChI=1S/C25H19ClFNO6/c1-31-19-10-14(11-20(32-2)23(19)33-3)21-22(29)17-12-15(26)6-9-18(17)34-25(21)28-24(30)13-4-7-16(27)8-5-13/h4-12H,1-3H3,(H,28,30). The molecule has 0 spiro atoms. The number of nitrogens with one attached hydrogen (secondary N) is 1. The predicted octanol–water partition coefficient (Wildman–Crippen LogP) is 5.53. The molecular formula is C25H19ClFNO6. The maximum Gasteiger partial charge on any atom is 0.257 e. The van der Waals surface area contributed by atoms with Crippen molar-refractivity contribution in [2.24, 2.45) is 0 Å². The Kier molecular flexibility index (Phi) is 6.43. The summed E-state index contributed by atoms with van der Waals surface area (Å²) in [5.41, 5.74) is 0.354. The van der Waals surface area contributed by atoms with Gasteiger partial charge in [-0.2, -0.15) is 0 Å². The number of benzene rings is 3. The van der Waals surface area contributed by atoms with Crippen LogP contribution in [-0.4, -0.2) is 27.2 Å². The van der Waals surface area contributed by atoms with Crippen molar-refractivity contribution in [1.82, 2.24) is 0 Å². The second kappa shape index (κ2) is 9.44. The van der Waals surface area contributed by atoms with Crippen LogP contribution in [0.25, 0.3) is 22.1 Å². The fourth-order valence-electron chi connectivity index (χ4n) is 3.52. The Bertz CT molecular complexity index is 1420. The third kappa shape index (κ3) is 4.27. The third-order valence-electron chi connectivity index (χ3n) is 5.14. The topological polar surface area (TPSA) is 87.0 Å². The van der Waals surface area contributed by atoms with E-state index in [1.165, 1.54) is 45.6 Å². The van der Waals surface area contributed by atoms with Gasteiger partial charge in [0.05, 0.1) is 32.3 Å². The molecule has 1 heterocycles. The fraction of sp³-hybridized carbons (Fsp3) is 0.120. The average molecular weight is 484 g/mol. The van der Waals surface area contributed by atoms with Gasteiger partial charge in [0.15, 0.2) is 11.5 Å². The van der Waals surface area contributed by atoms with Gasteiger partial charge >= 0.3 is 0 Å². The number of halogens is 2. The van der Waals surface area contributed by atoms with E-state index in [4.69, 9.17) is 30.2 Å². The van der Waals surface area contributed by atoms with Gasteiger partial charge in [-0.25, -0.2) is 4.39 Å². The molecule has 0 radical (unpaired) electrons. The van der Waals surface area contributed by atoms with E-state index in [2.05, 4.69) is 5.32 Å². The summed E-state index contributed by atoms with van der Waals surface area (Å²) in [6, 6.07) is 12.7. The van der Waals surface area contributed by atoms with Crippen LogP contribution in [0.1, 0.15) is 10.4 Å². The van der Waals surface area contributed by atoms with E-state index in [0.717, 1.165) is 12.1 Å². The van der Waals surface area contributed by atoms with Crippen molar-refractivity contribution in [3.8, 4) is 28.4 Å². The number of carbonyl (C=O) groups is 1.